The third-order valence-electron chi connectivity index (χ3n) is 3.36. The molecule has 2 rings (SSSR count). The van der Waals surface area contributed by atoms with E-state index in [1.165, 1.54) is 7.05 Å². The highest BCUT2D eigenvalue weighted by molar-refractivity contribution is 7.91. The minimum absolute atomic E-state index is 0.0637. The van der Waals surface area contributed by atoms with E-state index in [1.807, 2.05) is 0 Å². The zero-order valence-electron chi connectivity index (χ0n) is 9.68. The summed E-state index contributed by atoms with van der Waals surface area (Å²) in [4.78, 5) is 23.9. The Morgan fingerprint density at radius 1 is 1.41 bits per heavy atom. The monoisotopic (exact) mass is 260 g/mol. The van der Waals surface area contributed by atoms with Gasteiger partial charge in [-0.05, 0) is 18.9 Å². The van der Waals surface area contributed by atoms with E-state index in [0.717, 1.165) is 4.90 Å². The maximum Gasteiger partial charge on any atom is 0.246 e. The van der Waals surface area contributed by atoms with Crippen molar-refractivity contribution in [2.24, 2.45) is 5.92 Å². The molecule has 7 heteroatoms. The van der Waals surface area contributed by atoms with Gasteiger partial charge in [0.1, 0.15) is 0 Å². The summed E-state index contributed by atoms with van der Waals surface area (Å²) in [6, 6.07) is -0.476. The van der Waals surface area contributed by atoms with Gasteiger partial charge in [-0.15, -0.1) is 0 Å². The van der Waals surface area contributed by atoms with Crippen LogP contribution in [0.15, 0.2) is 0 Å². The molecule has 2 unspecified atom stereocenters. The van der Waals surface area contributed by atoms with E-state index in [4.69, 9.17) is 0 Å². The van der Waals surface area contributed by atoms with Gasteiger partial charge >= 0.3 is 0 Å². The molecule has 2 aliphatic heterocycles. The highest BCUT2D eigenvalue weighted by Crippen LogP contribution is 2.18. The van der Waals surface area contributed by atoms with Crippen molar-refractivity contribution in [1.82, 2.24) is 10.2 Å². The lowest BCUT2D eigenvalue weighted by molar-refractivity contribution is -0.137. The van der Waals surface area contributed by atoms with Gasteiger partial charge in [0.05, 0.1) is 24.0 Å². The summed E-state index contributed by atoms with van der Waals surface area (Å²) in [5.41, 5.74) is 0. The molecule has 2 amide bonds. The molecule has 0 aliphatic carbocycles. The quantitative estimate of drug-likeness (QED) is 0.642. The van der Waals surface area contributed by atoms with Crippen LogP contribution in [0.1, 0.15) is 12.8 Å². The van der Waals surface area contributed by atoms with Gasteiger partial charge in [0.25, 0.3) is 0 Å². The average Bonchev–Trinajstić information content (AvgIpc) is 2.71. The van der Waals surface area contributed by atoms with Gasteiger partial charge in [-0.1, -0.05) is 0 Å². The summed E-state index contributed by atoms with van der Waals surface area (Å²) in [5, 5.41) is 3.00. The summed E-state index contributed by atoms with van der Waals surface area (Å²) < 4.78 is 22.5. The van der Waals surface area contributed by atoms with Crippen molar-refractivity contribution in [2.45, 2.75) is 18.9 Å². The number of nitrogens with one attached hydrogen (secondary N) is 1. The Bertz CT molecular complexity index is 445. The van der Waals surface area contributed by atoms with Gasteiger partial charge in [-0.3, -0.25) is 14.5 Å². The van der Waals surface area contributed by atoms with Gasteiger partial charge in [0.2, 0.25) is 11.8 Å². The second-order valence-electron chi connectivity index (χ2n) is 4.73. The molecule has 2 saturated heterocycles. The van der Waals surface area contributed by atoms with Crippen LogP contribution in [0.25, 0.3) is 0 Å². The maximum absolute atomic E-state index is 11.6. The molecule has 1 N–H and O–H groups in total. The summed E-state index contributed by atoms with van der Waals surface area (Å²) in [7, 11) is -1.41. The van der Waals surface area contributed by atoms with E-state index in [0.29, 0.717) is 13.0 Å². The molecule has 6 nitrogen and oxygen atoms in total. The molecule has 0 aromatic rings. The maximum atomic E-state index is 11.6. The van der Waals surface area contributed by atoms with Crippen molar-refractivity contribution in [3.8, 4) is 0 Å². The number of hydrogen-bond donors (Lipinski definition) is 1. The first-order valence-electron chi connectivity index (χ1n) is 5.63. The number of nitrogens with zero attached hydrogens (tertiary/aromatic N) is 1. The third-order valence-corrected chi connectivity index (χ3v) is 5.20. The number of sulfone groups is 1. The number of carbonyl (C=O) groups is 2. The molecular formula is C10H16N2O4S. The predicted molar refractivity (Wildman–Crippen MR) is 60.9 cm³/mol. The lowest BCUT2D eigenvalue weighted by Gasteiger charge is -2.13. The van der Waals surface area contributed by atoms with Crippen LogP contribution in [0.2, 0.25) is 0 Å². The smallest absolute Gasteiger partial charge is 0.246 e. The minimum atomic E-state index is -2.88. The first-order valence-corrected chi connectivity index (χ1v) is 7.45. The van der Waals surface area contributed by atoms with Gasteiger partial charge in [-0.2, -0.15) is 0 Å². The normalized spacial score (nSPS) is 32.4. The molecule has 2 fully saturated rings. The van der Waals surface area contributed by atoms with Crippen LogP contribution < -0.4 is 5.32 Å². The molecule has 17 heavy (non-hydrogen) atoms. The minimum Gasteiger partial charge on any atom is -0.305 e. The number of likely N-dealkylation sites (tertiary alicyclic amines) is 1. The number of likely N-dealkylation sites (N-methyl/N-ethyl adjacent to an activating group) is 1. The molecule has 0 aromatic carbocycles. The van der Waals surface area contributed by atoms with Gasteiger partial charge in [-0.25, -0.2) is 8.42 Å². The third kappa shape index (κ3) is 2.66. The Kier molecular flexibility index (Phi) is 3.22. The van der Waals surface area contributed by atoms with Crippen molar-refractivity contribution in [2.75, 3.05) is 25.1 Å². The van der Waals surface area contributed by atoms with Crippen LogP contribution in [-0.4, -0.2) is 56.3 Å². The van der Waals surface area contributed by atoms with Gasteiger partial charge in [0.15, 0.2) is 9.84 Å². The number of amides is 2. The Morgan fingerprint density at radius 3 is 2.59 bits per heavy atom. The second kappa shape index (κ2) is 4.38. The topological polar surface area (TPSA) is 83.6 Å². The predicted octanol–water partition coefficient (Wildman–Crippen LogP) is -1.23. The second-order valence-corrected chi connectivity index (χ2v) is 6.95. The van der Waals surface area contributed by atoms with Gasteiger partial charge < -0.3 is 5.32 Å². The SMILES string of the molecule is CN1C(=O)CC(NCC2CCS(=O)(=O)C2)C1=O. The fourth-order valence-electron chi connectivity index (χ4n) is 2.26. The average molecular weight is 260 g/mol. The molecule has 0 radical (unpaired) electrons. The van der Waals surface area contributed by atoms with Crippen LogP contribution in [0.4, 0.5) is 0 Å². The number of rotatable bonds is 3. The molecule has 0 aromatic heterocycles. The Labute approximate surface area is 100 Å². The fourth-order valence-corrected chi connectivity index (χ4v) is 4.12. The van der Waals surface area contributed by atoms with Crippen LogP contribution >= 0.6 is 0 Å². The number of imide groups is 1. The summed E-state index contributed by atoms with van der Waals surface area (Å²) in [6.45, 7) is 0.483. The van der Waals surface area contributed by atoms with E-state index >= 15 is 0 Å². The first kappa shape index (κ1) is 12.5. The van der Waals surface area contributed by atoms with E-state index in [1.54, 1.807) is 0 Å². The fraction of sp³-hybridized carbons (Fsp3) is 0.800. The molecule has 2 atom stereocenters. The first-order chi connectivity index (χ1) is 7.89. The number of carbonyl (C=O) groups excluding carboxylic acids is 2. The van der Waals surface area contributed by atoms with Crippen LogP contribution in [0.5, 0.6) is 0 Å². The molecule has 2 aliphatic rings. The lowest BCUT2D eigenvalue weighted by atomic mass is 10.1. The highest BCUT2D eigenvalue weighted by atomic mass is 32.2. The molecule has 96 valence electrons. The standard InChI is InChI=1S/C10H16N2O4S/c1-12-9(13)4-8(10(12)14)11-5-7-2-3-17(15,16)6-7/h7-8,11H,2-6H2,1H3. The van der Waals surface area contributed by atoms with Crippen molar-refractivity contribution < 1.29 is 18.0 Å². The van der Waals surface area contributed by atoms with Crippen LogP contribution in [-0.2, 0) is 19.4 Å². The molecule has 2 heterocycles. The van der Waals surface area contributed by atoms with Crippen molar-refractivity contribution in [1.29, 1.82) is 0 Å². The molecule has 0 saturated carbocycles. The zero-order valence-corrected chi connectivity index (χ0v) is 10.5. The highest BCUT2D eigenvalue weighted by Gasteiger charge is 2.36. The van der Waals surface area contributed by atoms with Crippen LogP contribution in [0, 0.1) is 5.92 Å². The van der Waals surface area contributed by atoms with E-state index in [2.05, 4.69) is 5.32 Å². The molecule has 0 bridgehead atoms. The zero-order chi connectivity index (χ0) is 12.6. The van der Waals surface area contributed by atoms with Crippen LogP contribution in [0.3, 0.4) is 0 Å². The summed E-state index contributed by atoms with van der Waals surface area (Å²) in [6.07, 6.45) is 0.814. The van der Waals surface area contributed by atoms with Gasteiger partial charge in [0, 0.05) is 7.05 Å². The van der Waals surface area contributed by atoms with E-state index in [9.17, 15) is 18.0 Å². The Morgan fingerprint density at radius 2 is 2.12 bits per heavy atom. The number of hydrogen-bond acceptors (Lipinski definition) is 5. The van der Waals surface area contributed by atoms with Crippen molar-refractivity contribution in [3.63, 3.8) is 0 Å². The Balaban J connectivity index is 1.84. The van der Waals surface area contributed by atoms with E-state index < -0.39 is 15.9 Å². The summed E-state index contributed by atoms with van der Waals surface area (Å²) >= 11 is 0. The lowest BCUT2D eigenvalue weighted by Crippen LogP contribution is -2.39. The molecule has 0 spiro atoms. The largest absolute Gasteiger partial charge is 0.305 e. The van der Waals surface area contributed by atoms with Crippen molar-refractivity contribution >= 4 is 21.7 Å². The summed E-state index contributed by atoms with van der Waals surface area (Å²) in [5.74, 6) is 0.0674. The molecular weight excluding hydrogens is 244 g/mol. The van der Waals surface area contributed by atoms with E-state index in [-0.39, 0.29) is 35.7 Å². The Hall–Kier alpha value is -0.950. The van der Waals surface area contributed by atoms with Crippen molar-refractivity contribution in [3.05, 3.63) is 0 Å².